The number of carboxylic acids is 2. The van der Waals surface area contributed by atoms with E-state index in [0.717, 1.165) is 6.33 Å². The maximum absolute atomic E-state index is 13.1. The van der Waals surface area contributed by atoms with Crippen molar-refractivity contribution in [1.29, 1.82) is 0 Å². The number of aromatic nitrogens is 4. The Morgan fingerprint density at radius 3 is 1.68 bits per heavy atom. The summed E-state index contributed by atoms with van der Waals surface area (Å²) < 4.78 is 0. The number of quaternary nitrogens is 1. The number of aliphatic carboxylic acids is 2. The van der Waals surface area contributed by atoms with Crippen LogP contribution in [0.5, 0.6) is 0 Å². The quantitative estimate of drug-likeness (QED) is 0.0719. The van der Waals surface area contributed by atoms with Crippen LogP contribution in [0.2, 0.25) is 0 Å². The highest BCUT2D eigenvalue weighted by molar-refractivity contribution is 6.07. The Balaban J connectivity index is 0.0000125. The number of nitrogens with zero attached hydrogens (tertiary/aromatic N) is 2. The fourth-order valence-electron chi connectivity index (χ4n) is 4.84. The van der Waals surface area contributed by atoms with Gasteiger partial charge in [0.25, 0.3) is 23.6 Å². The molecule has 0 spiro atoms. The molecular formula is C30H48ClN10O9+. The maximum Gasteiger partial charge on any atom is 0.326 e. The highest BCUT2D eigenvalue weighted by Crippen LogP contribution is 2.10. The van der Waals surface area contributed by atoms with Crippen molar-refractivity contribution in [3.63, 3.8) is 0 Å². The fraction of sp³-hybridized carbons (Fsp3) is 0.567. The third-order valence-electron chi connectivity index (χ3n) is 7.20. The molecule has 278 valence electrons. The SMILES string of the molecule is CC(C)C[C@@H](C[NH3+])NC(=O)c1nc[nH]c1C(=O)N[C@@H](C)C(=O)CNC[C@H](CC(C)C)NC(=O)c1nc[nH]c1C(=O)N[C@@H](CC(=O)O)C(=O)O.Cl. The molecule has 20 heteroatoms. The van der Waals surface area contributed by atoms with E-state index >= 15 is 0 Å². The van der Waals surface area contributed by atoms with Gasteiger partial charge < -0.3 is 52.5 Å². The minimum atomic E-state index is -1.74. The minimum absolute atomic E-state index is 0. The van der Waals surface area contributed by atoms with Crippen LogP contribution in [0.4, 0.5) is 0 Å². The van der Waals surface area contributed by atoms with Crippen LogP contribution in [-0.4, -0.2) is 115 Å². The van der Waals surface area contributed by atoms with Gasteiger partial charge in [-0.15, -0.1) is 12.4 Å². The normalized spacial score (nSPS) is 13.4. The summed E-state index contributed by atoms with van der Waals surface area (Å²) in [5.41, 5.74) is 2.96. The first kappa shape index (κ1) is 43.1. The first-order chi connectivity index (χ1) is 23.0. The van der Waals surface area contributed by atoms with E-state index in [-0.39, 0.29) is 66.0 Å². The number of ketones is 1. The molecule has 2 aromatic heterocycles. The number of H-pyrrole nitrogens is 2. The molecule has 0 fully saturated rings. The number of nitrogens with one attached hydrogen (secondary N) is 7. The smallest absolute Gasteiger partial charge is 0.326 e. The Kier molecular flexibility index (Phi) is 17.8. The van der Waals surface area contributed by atoms with Crippen molar-refractivity contribution in [2.75, 3.05) is 19.6 Å². The summed E-state index contributed by atoms with van der Waals surface area (Å²) in [7, 11) is 0. The lowest BCUT2D eigenvalue weighted by Crippen LogP contribution is -2.60. The van der Waals surface area contributed by atoms with E-state index in [1.54, 1.807) is 0 Å². The van der Waals surface area contributed by atoms with Crippen LogP contribution in [0.3, 0.4) is 0 Å². The van der Waals surface area contributed by atoms with Crippen molar-refractivity contribution in [3.05, 3.63) is 35.4 Å². The number of rotatable bonds is 21. The molecule has 4 atom stereocenters. The number of halogens is 1. The summed E-state index contributed by atoms with van der Waals surface area (Å²) in [6.45, 7) is 9.75. The number of hydrogen-bond acceptors (Lipinski definition) is 10. The van der Waals surface area contributed by atoms with E-state index in [9.17, 15) is 38.7 Å². The van der Waals surface area contributed by atoms with Crippen molar-refractivity contribution in [2.45, 2.75) is 78.0 Å². The lowest BCUT2D eigenvalue weighted by molar-refractivity contribution is -0.373. The van der Waals surface area contributed by atoms with E-state index < -0.39 is 60.1 Å². The van der Waals surface area contributed by atoms with Crippen molar-refractivity contribution >= 4 is 53.8 Å². The highest BCUT2D eigenvalue weighted by atomic mass is 35.5. The summed E-state index contributed by atoms with van der Waals surface area (Å²) in [4.78, 5) is 99.7. The number of carbonyl (C=O) groups excluding carboxylic acids is 5. The second kappa shape index (κ2) is 20.6. The van der Waals surface area contributed by atoms with Crippen molar-refractivity contribution < 1.29 is 49.5 Å². The van der Waals surface area contributed by atoms with E-state index in [1.807, 2.05) is 27.7 Å². The standard InChI is InChI=1S/C30H46N10O9.ClH/c1-14(2)6-17(9-31)38-27(45)23-22(33-12-34-23)26(44)37-16(5)20(41)11-32-10-18(7-15(3)4)39-28(46)24-25(36-13-35-24)29(47)40-19(30(48)49)8-21(42)43;/h12-19,32H,6-11,31H2,1-5H3,(H,33,34)(H,35,36)(H,37,44)(H,38,45)(H,39,46)(H,40,47)(H,42,43)(H,48,49);1H/p+1/t16-,17-,18-,19-;/m0./s1. The molecule has 0 saturated heterocycles. The number of carboxylic acid groups (broad SMARTS) is 2. The molecule has 0 aliphatic heterocycles. The van der Waals surface area contributed by atoms with E-state index in [4.69, 9.17) is 5.11 Å². The topological polar surface area (TPSA) is 305 Å². The van der Waals surface area contributed by atoms with Gasteiger partial charge in [-0.1, -0.05) is 27.7 Å². The van der Waals surface area contributed by atoms with Gasteiger partial charge in [0.2, 0.25) is 0 Å². The third kappa shape index (κ3) is 13.6. The number of carbonyl (C=O) groups is 7. The molecule has 0 unspecified atom stereocenters. The largest absolute Gasteiger partial charge is 0.481 e. The van der Waals surface area contributed by atoms with Gasteiger partial charge in [-0.2, -0.15) is 0 Å². The van der Waals surface area contributed by atoms with E-state index in [0.29, 0.717) is 25.3 Å². The molecule has 0 radical (unpaired) electrons. The monoisotopic (exact) mass is 727 g/mol. The Morgan fingerprint density at radius 1 is 0.740 bits per heavy atom. The molecule has 4 amide bonds. The molecule has 0 bridgehead atoms. The average molecular weight is 728 g/mol. The van der Waals surface area contributed by atoms with Crippen molar-refractivity contribution in [2.24, 2.45) is 11.8 Å². The highest BCUT2D eigenvalue weighted by Gasteiger charge is 2.29. The third-order valence-corrected chi connectivity index (χ3v) is 7.20. The molecule has 0 saturated carbocycles. The van der Waals surface area contributed by atoms with Crippen LogP contribution in [0.25, 0.3) is 0 Å². The molecule has 50 heavy (non-hydrogen) atoms. The van der Waals surface area contributed by atoms with Crippen molar-refractivity contribution in [3.8, 4) is 0 Å². The molecule has 0 aliphatic carbocycles. The summed E-state index contributed by atoms with van der Waals surface area (Å²) in [5, 5.41) is 31.3. The number of hydrogen-bond donors (Lipinski definition) is 10. The van der Waals surface area contributed by atoms with Gasteiger partial charge in [-0.05, 0) is 31.6 Å². The number of amides is 4. The van der Waals surface area contributed by atoms with Gasteiger partial charge >= 0.3 is 11.9 Å². The predicted octanol–water partition coefficient (Wildman–Crippen LogP) is -1.28. The number of aromatic amines is 2. The van der Waals surface area contributed by atoms with Gasteiger partial charge in [-0.25, -0.2) is 14.8 Å². The van der Waals surface area contributed by atoms with Gasteiger partial charge in [0.05, 0.1) is 44.2 Å². The Bertz CT molecular complexity index is 1490. The zero-order valence-corrected chi connectivity index (χ0v) is 29.4. The Hall–Kier alpha value is -4.88. The van der Waals surface area contributed by atoms with Crippen LogP contribution < -0.4 is 32.3 Å². The van der Waals surface area contributed by atoms with Gasteiger partial charge in [-0.3, -0.25) is 28.8 Å². The van der Waals surface area contributed by atoms with Gasteiger partial charge in [0.15, 0.2) is 17.2 Å². The zero-order valence-electron chi connectivity index (χ0n) is 28.6. The molecule has 0 aliphatic rings. The summed E-state index contributed by atoms with van der Waals surface area (Å²) >= 11 is 0. The molecule has 2 heterocycles. The Labute approximate surface area is 294 Å². The van der Waals surface area contributed by atoms with Gasteiger partial charge in [0.1, 0.15) is 17.4 Å². The molecule has 2 aromatic rings. The second-order valence-electron chi connectivity index (χ2n) is 12.4. The second-order valence-corrected chi connectivity index (χ2v) is 12.4. The first-order valence-corrected chi connectivity index (χ1v) is 15.8. The van der Waals surface area contributed by atoms with Crippen molar-refractivity contribution in [1.82, 2.24) is 46.5 Å². The van der Waals surface area contributed by atoms with Crippen LogP contribution in [0.15, 0.2) is 12.7 Å². The van der Waals surface area contributed by atoms with E-state index in [2.05, 4.69) is 52.3 Å². The van der Waals surface area contributed by atoms with Crippen LogP contribution in [-0.2, 0) is 14.4 Å². The fourth-order valence-corrected chi connectivity index (χ4v) is 4.84. The Morgan fingerprint density at radius 2 is 1.22 bits per heavy atom. The molecular weight excluding hydrogens is 680 g/mol. The van der Waals surface area contributed by atoms with Gasteiger partial charge in [0, 0.05) is 12.6 Å². The minimum Gasteiger partial charge on any atom is -0.481 e. The summed E-state index contributed by atoms with van der Waals surface area (Å²) in [5.74, 6) is -6.00. The molecule has 19 nitrogen and oxygen atoms in total. The van der Waals surface area contributed by atoms with Crippen LogP contribution in [0, 0.1) is 11.8 Å². The maximum atomic E-state index is 13.1. The summed E-state index contributed by atoms with van der Waals surface area (Å²) in [6.07, 6.45) is 2.56. The molecule has 2 rings (SSSR count). The lowest BCUT2D eigenvalue weighted by Gasteiger charge is -2.21. The van der Waals surface area contributed by atoms with E-state index in [1.165, 1.54) is 13.3 Å². The number of Topliss-reactive ketones (excluding diaryl/α,β-unsaturated/α-hetero) is 1. The first-order valence-electron chi connectivity index (χ1n) is 15.8. The van der Waals surface area contributed by atoms with Crippen LogP contribution >= 0.6 is 12.4 Å². The average Bonchev–Trinajstić information content (AvgIpc) is 3.70. The number of imidazole rings is 2. The lowest BCUT2D eigenvalue weighted by atomic mass is 10.0. The zero-order chi connectivity index (χ0) is 36.8. The summed E-state index contributed by atoms with van der Waals surface area (Å²) in [6, 6.07) is -3.43. The molecule has 0 aromatic carbocycles. The molecule has 12 N–H and O–H groups in total. The predicted molar refractivity (Wildman–Crippen MR) is 180 cm³/mol. The van der Waals surface area contributed by atoms with Crippen LogP contribution in [0.1, 0.15) is 95.8 Å².